The molecular weight excluding hydrogens is 240 g/mol. The van der Waals surface area contributed by atoms with Crippen LogP contribution in [-0.4, -0.2) is 41.2 Å². The monoisotopic (exact) mass is 262 g/mol. The highest BCUT2D eigenvalue weighted by Gasteiger charge is 2.25. The van der Waals surface area contributed by atoms with Crippen molar-refractivity contribution in [1.82, 2.24) is 10.6 Å². The van der Waals surface area contributed by atoms with Crippen molar-refractivity contribution in [3.8, 4) is 0 Å². The van der Waals surface area contributed by atoms with Crippen LogP contribution in [0.4, 0.5) is 4.79 Å². The summed E-state index contributed by atoms with van der Waals surface area (Å²) in [4.78, 5) is 22.6. The quantitative estimate of drug-likeness (QED) is 0.650. The number of carboxylic acids is 1. The number of rotatable bonds is 7. The molecule has 0 aromatic rings. The Bertz CT molecular complexity index is 261. The first-order valence-corrected chi connectivity index (χ1v) is 7.10. The fraction of sp³-hybridized carbons (Fsp3) is 0.818. The van der Waals surface area contributed by atoms with Crippen LogP contribution in [0.15, 0.2) is 0 Å². The van der Waals surface area contributed by atoms with Gasteiger partial charge in [-0.1, -0.05) is 20.3 Å². The molecule has 0 spiro atoms. The minimum absolute atomic E-state index is 0.0244. The van der Waals surface area contributed by atoms with Gasteiger partial charge >= 0.3 is 12.0 Å². The van der Waals surface area contributed by atoms with Gasteiger partial charge in [0.2, 0.25) is 0 Å². The van der Waals surface area contributed by atoms with Crippen LogP contribution in [-0.2, 0) is 4.79 Å². The summed E-state index contributed by atoms with van der Waals surface area (Å²) >= 11 is 1.63. The summed E-state index contributed by atoms with van der Waals surface area (Å²) in [5.41, 5.74) is 0. The van der Waals surface area contributed by atoms with Crippen LogP contribution in [0.1, 0.15) is 27.2 Å². The molecule has 0 fully saturated rings. The summed E-state index contributed by atoms with van der Waals surface area (Å²) in [6.45, 7) is 5.59. The van der Waals surface area contributed by atoms with Crippen molar-refractivity contribution >= 4 is 23.8 Å². The second kappa shape index (κ2) is 8.22. The number of nitrogens with one attached hydrogen (secondary N) is 2. The number of carbonyl (C=O) groups excluding carboxylic acids is 1. The zero-order valence-electron chi connectivity index (χ0n) is 10.8. The number of carboxylic acid groups (broad SMARTS) is 1. The molecule has 5 nitrogen and oxygen atoms in total. The third kappa shape index (κ3) is 6.41. The van der Waals surface area contributed by atoms with Crippen molar-refractivity contribution in [3.05, 3.63) is 0 Å². The normalized spacial score (nSPS) is 15.8. The molecule has 0 bridgehead atoms. The molecule has 2 amide bonds. The number of urea groups is 1. The Hall–Kier alpha value is -0.910. The first kappa shape index (κ1) is 16.1. The second-order valence-corrected chi connectivity index (χ2v) is 5.09. The molecule has 17 heavy (non-hydrogen) atoms. The topological polar surface area (TPSA) is 78.4 Å². The van der Waals surface area contributed by atoms with Gasteiger partial charge in [-0.3, -0.25) is 0 Å². The zero-order valence-corrected chi connectivity index (χ0v) is 11.6. The molecule has 0 radical (unpaired) electrons. The number of hydrogen-bond acceptors (Lipinski definition) is 3. The summed E-state index contributed by atoms with van der Waals surface area (Å²) in [7, 11) is 0. The highest BCUT2D eigenvalue weighted by Crippen LogP contribution is 2.07. The summed E-state index contributed by atoms with van der Waals surface area (Å²) in [6, 6.07) is -1.22. The fourth-order valence-electron chi connectivity index (χ4n) is 1.38. The van der Waals surface area contributed by atoms with E-state index in [2.05, 4.69) is 10.6 Å². The maximum absolute atomic E-state index is 11.6. The van der Waals surface area contributed by atoms with Crippen LogP contribution in [0.5, 0.6) is 0 Å². The molecule has 0 saturated heterocycles. The maximum Gasteiger partial charge on any atom is 0.326 e. The second-order valence-electron chi connectivity index (χ2n) is 4.18. The molecule has 6 heteroatoms. The van der Waals surface area contributed by atoms with Gasteiger partial charge in [0.05, 0.1) is 0 Å². The largest absolute Gasteiger partial charge is 0.480 e. The molecule has 0 aromatic heterocycles. The number of carbonyl (C=O) groups is 2. The molecule has 0 rings (SSSR count). The van der Waals surface area contributed by atoms with Crippen molar-refractivity contribution in [2.45, 2.75) is 39.3 Å². The third-order valence-electron chi connectivity index (χ3n) is 2.56. The lowest BCUT2D eigenvalue weighted by atomic mass is 9.99. The van der Waals surface area contributed by atoms with Gasteiger partial charge in [-0.15, -0.1) is 0 Å². The van der Waals surface area contributed by atoms with E-state index in [1.807, 2.05) is 27.0 Å². The molecule has 100 valence electrons. The van der Waals surface area contributed by atoms with E-state index in [0.29, 0.717) is 6.42 Å². The highest BCUT2D eigenvalue weighted by atomic mass is 32.2. The standard InChI is InChI=1S/C11H22N2O3S/c1-5-7(2)9(10(14)15)13-11(16)12-8(3)6-17-4/h7-9H,5-6H2,1-4H3,(H,14,15)(H2,12,13,16)/t7?,8?,9-/m0/s1. The summed E-state index contributed by atoms with van der Waals surface area (Å²) in [5, 5.41) is 14.2. The molecule has 0 heterocycles. The smallest absolute Gasteiger partial charge is 0.326 e. The van der Waals surface area contributed by atoms with Crippen LogP contribution in [0, 0.1) is 5.92 Å². The Kier molecular flexibility index (Phi) is 7.78. The van der Waals surface area contributed by atoms with E-state index in [1.54, 1.807) is 11.8 Å². The lowest BCUT2D eigenvalue weighted by Crippen LogP contribution is -2.51. The van der Waals surface area contributed by atoms with Gasteiger partial charge in [0.15, 0.2) is 0 Å². The Balaban J connectivity index is 4.27. The Morgan fingerprint density at radius 3 is 2.29 bits per heavy atom. The highest BCUT2D eigenvalue weighted by molar-refractivity contribution is 7.98. The van der Waals surface area contributed by atoms with Crippen LogP contribution in [0.3, 0.4) is 0 Å². The lowest BCUT2D eigenvalue weighted by Gasteiger charge is -2.21. The first-order chi connectivity index (χ1) is 7.92. The Morgan fingerprint density at radius 2 is 1.88 bits per heavy atom. The van der Waals surface area contributed by atoms with Gasteiger partial charge in [0.1, 0.15) is 6.04 Å². The van der Waals surface area contributed by atoms with Crippen molar-refractivity contribution in [3.63, 3.8) is 0 Å². The molecule has 0 aliphatic carbocycles. The first-order valence-electron chi connectivity index (χ1n) is 5.71. The van der Waals surface area contributed by atoms with Crippen molar-refractivity contribution in [2.24, 2.45) is 5.92 Å². The van der Waals surface area contributed by atoms with Crippen LogP contribution in [0.25, 0.3) is 0 Å². The van der Waals surface area contributed by atoms with E-state index in [-0.39, 0.29) is 12.0 Å². The Morgan fingerprint density at radius 1 is 1.29 bits per heavy atom. The zero-order chi connectivity index (χ0) is 13.4. The number of amides is 2. The minimum Gasteiger partial charge on any atom is -0.480 e. The molecule has 0 aliphatic heterocycles. The minimum atomic E-state index is -0.994. The van der Waals surface area contributed by atoms with Gasteiger partial charge in [-0.25, -0.2) is 9.59 Å². The number of thioether (sulfide) groups is 1. The van der Waals surface area contributed by atoms with E-state index < -0.39 is 18.0 Å². The molecule has 2 unspecified atom stereocenters. The predicted octanol–water partition coefficient (Wildman–Crippen LogP) is 1.54. The number of aliphatic carboxylic acids is 1. The summed E-state index contributed by atoms with van der Waals surface area (Å²) in [6.07, 6.45) is 2.66. The predicted molar refractivity (Wildman–Crippen MR) is 70.4 cm³/mol. The van der Waals surface area contributed by atoms with Crippen molar-refractivity contribution in [1.29, 1.82) is 0 Å². The van der Waals surface area contributed by atoms with Gasteiger partial charge in [-0.2, -0.15) is 11.8 Å². The fourth-order valence-corrected chi connectivity index (χ4v) is 1.96. The summed E-state index contributed by atoms with van der Waals surface area (Å²) < 4.78 is 0. The molecular formula is C11H22N2O3S. The third-order valence-corrected chi connectivity index (χ3v) is 3.39. The van der Waals surface area contributed by atoms with Crippen molar-refractivity contribution in [2.75, 3.05) is 12.0 Å². The van der Waals surface area contributed by atoms with Crippen LogP contribution < -0.4 is 10.6 Å². The molecule has 0 aromatic carbocycles. The molecule has 0 saturated carbocycles. The van der Waals surface area contributed by atoms with Crippen molar-refractivity contribution < 1.29 is 14.7 Å². The van der Waals surface area contributed by atoms with Crippen LogP contribution >= 0.6 is 11.8 Å². The molecule has 0 aliphatic rings. The maximum atomic E-state index is 11.6. The van der Waals surface area contributed by atoms with E-state index >= 15 is 0 Å². The lowest BCUT2D eigenvalue weighted by molar-refractivity contribution is -0.140. The van der Waals surface area contributed by atoms with Gasteiger partial charge < -0.3 is 15.7 Å². The van der Waals surface area contributed by atoms with E-state index in [1.165, 1.54) is 0 Å². The summed E-state index contributed by atoms with van der Waals surface area (Å²) in [5.74, 6) is -0.282. The average molecular weight is 262 g/mol. The van der Waals surface area contributed by atoms with E-state index in [4.69, 9.17) is 5.11 Å². The Labute approximate surface area is 107 Å². The van der Waals surface area contributed by atoms with E-state index in [0.717, 1.165) is 5.75 Å². The SMILES string of the molecule is CCC(C)[C@H](NC(=O)NC(C)CSC)C(=O)O. The molecule has 3 N–H and O–H groups in total. The van der Waals surface area contributed by atoms with Gasteiger partial charge in [0, 0.05) is 11.8 Å². The van der Waals surface area contributed by atoms with Gasteiger partial charge in [0.25, 0.3) is 0 Å². The average Bonchev–Trinajstić information content (AvgIpc) is 2.24. The number of hydrogen-bond donors (Lipinski definition) is 3. The van der Waals surface area contributed by atoms with E-state index in [9.17, 15) is 9.59 Å². The van der Waals surface area contributed by atoms with Crippen LogP contribution in [0.2, 0.25) is 0 Å². The molecule has 3 atom stereocenters. The van der Waals surface area contributed by atoms with Gasteiger partial charge in [-0.05, 0) is 19.1 Å².